The Morgan fingerprint density at radius 2 is 1.81 bits per heavy atom. The lowest BCUT2D eigenvalue weighted by molar-refractivity contribution is 0.0923. The van der Waals surface area contributed by atoms with Crippen LogP contribution in [0.1, 0.15) is 77.6 Å². The van der Waals surface area contributed by atoms with E-state index in [4.69, 9.17) is 0 Å². The minimum atomic E-state index is 0.342. The van der Waals surface area contributed by atoms with Crippen molar-refractivity contribution in [3.63, 3.8) is 0 Å². The minimum Gasteiger partial charge on any atom is -0.309 e. The van der Waals surface area contributed by atoms with E-state index < -0.39 is 0 Å². The van der Waals surface area contributed by atoms with Crippen LogP contribution in [0.5, 0.6) is 0 Å². The number of hydrogen-bond acceptors (Lipinski definition) is 2. The molecule has 0 aromatic carbocycles. The molecule has 0 aromatic heterocycles. The zero-order chi connectivity index (χ0) is 15.1. The van der Waals surface area contributed by atoms with Crippen LogP contribution < -0.4 is 5.32 Å². The predicted octanol–water partition coefficient (Wildman–Crippen LogP) is 4.51. The summed E-state index contributed by atoms with van der Waals surface area (Å²) in [6, 6.07) is 0.575. The van der Waals surface area contributed by atoms with Gasteiger partial charge in [-0.3, -0.25) is 0 Å². The van der Waals surface area contributed by atoms with E-state index >= 15 is 0 Å². The summed E-state index contributed by atoms with van der Waals surface area (Å²) >= 11 is 0. The van der Waals surface area contributed by atoms with Crippen molar-refractivity contribution in [1.82, 2.24) is 10.2 Å². The van der Waals surface area contributed by atoms with Crippen molar-refractivity contribution in [1.29, 1.82) is 0 Å². The molecule has 1 saturated carbocycles. The summed E-state index contributed by atoms with van der Waals surface area (Å²) in [5, 5.41) is 3.95. The summed E-state index contributed by atoms with van der Waals surface area (Å²) in [6.07, 6.45) is 17.5. The van der Waals surface area contributed by atoms with Gasteiger partial charge in [0.05, 0.1) is 0 Å². The van der Waals surface area contributed by atoms with Gasteiger partial charge in [0.15, 0.2) is 0 Å². The van der Waals surface area contributed by atoms with Gasteiger partial charge in [-0.1, -0.05) is 44.3 Å². The van der Waals surface area contributed by atoms with Crippen LogP contribution in [-0.2, 0) is 0 Å². The summed E-state index contributed by atoms with van der Waals surface area (Å²) < 4.78 is 0. The molecule has 2 aliphatic rings. The average molecular weight is 293 g/mol. The smallest absolute Gasteiger partial charge is 0.0466 e. The van der Waals surface area contributed by atoms with E-state index in [0.29, 0.717) is 11.6 Å². The number of likely N-dealkylation sites (N-methyl/N-ethyl adjacent to an activating group) is 1. The summed E-state index contributed by atoms with van der Waals surface area (Å²) in [6.45, 7) is 3.44. The molecule has 0 amide bonds. The maximum atomic E-state index is 3.95. The van der Waals surface area contributed by atoms with Gasteiger partial charge in [-0.05, 0) is 65.6 Å². The molecular weight excluding hydrogens is 256 g/mol. The van der Waals surface area contributed by atoms with Gasteiger partial charge in [0.1, 0.15) is 0 Å². The largest absolute Gasteiger partial charge is 0.309 e. The maximum absolute atomic E-state index is 3.95. The Kier molecular flexibility index (Phi) is 6.75. The van der Waals surface area contributed by atoms with Gasteiger partial charge in [-0.15, -0.1) is 0 Å². The van der Waals surface area contributed by atoms with E-state index in [1.807, 2.05) is 0 Å². The molecule has 2 aliphatic carbocycles. The SMILES string of the molecule is CCCNC(C1=CCCCC1)C1(N(C)C)CCCCCC1. The molecule has 0 radical (unpaired) electrons. The summed E-state index contributed by atoms with van der Waals surface area (Å²) in [7, 11) is 4.63. The first-order chi connectivity index (χ1) is 10.2. The monoisotopic (exact) mass is 292 g/mol. The molecule has 0 aliphatic heterocycles. The van der Waals surface area contributed by atoms with Crippen molar-refractivity contribution in [3.8, 4) is 0 Å². The van der Waals surface area contributed by atoms with Crippen molar-refractivity contribution < 1.29 is 0 Å². The lowest BCUT2D eigenvalue weighted by atomic mass is 9.75. The van der Waals surface area contributed by atoms with Crippen LogP contribution in [0.15, 0.2) is 11.6 Å². The highest BCUT2D eigenvalue weighted by Crippen LogP contribution is 2.38. The number of rotatable bonds is 6. The zero-order valence-electron chi connectivity index (χ0n) is 14.6. The second kappa shape index (κ2) is 8.33. The highest BCUT2D eigenvalue weighted by Gasteiger charge is 2.42. The highest BCUT2D eigenvalue weighted by atomic mass is 15.2. The molecule has 2 heteroatoms. The van der Waals surface area contributed by atoms with Gasteiger partial charge < -0.3 is 10.2 Å². The maximum Gasteiger partial charge on any atom is 0.0466 e. The molecule has 122 valence electrons. The first-order valence-electron chi connectivity index (χ1n) is 9.30. The standard InChI is InChI=1S/C19H36N2/c1-4-16-20-18(17-12-8-7-9-13-17)19(21(2)3)14-10-5-6-11-15-19/h12,18,20H,4-11,13-16H2,1-3H3. The van der Waals surface area contributed by atoms with Gasteiger partial charge in [-0.25, -0.2) is 0 Å². The molecule has 0 heterocycles. The van der Waals surface area contributed by atoms with Crippen LogP contribution >= 0.6 is 0 Å². The average Bonchev–Trinajstić information content (AvgIpc) is 2.76. The lowest BCUT2D eigenvalue weighted by Crippen LogP contribution is -2.60. The van der Waals surface area contributed by atoms with E-state index in [0.717, 1.165) is 6.54 Å². The zero-order valence-corrected chi connectivity index (χ0v) is 14.6. The van der Waals surface area contributed by atoms with Gasteiger partial charge in [-0.2, -0.15) is 0 Å². The molecule has 21 heavy (non-hydrogen) atoms. The summed E-state index contributed by atoms with van der Waals surface area (Å²) in [5.74, 6) is 0. The molecule has 0 spiro atoms. The first-order valence-corrected chi connectivity index (χ1v) is 9.30. The molecule has 1 atom stereocenters. The van der Waals surface area contributed by atoms with E-state index in [9.17, 15) is 0 Å². The third-order valence-corrected chi connectivity index (χ3v) is 5.69. The third-order valence-electron chi connectivity index (χ3n) is 5.69. The molecule has 0 aromatic rings. The van der Waals surface area contributed by atoms with Gasteiger partial charge in [0.2, 0.25) is 0 Å². The Morgan fingerprint density at radius 3 is 2.33 bits per heavy atom. The van der Waals surface area contributed by atoms with Crippen molar-refractivity contribution in [2.24, 2.45) is 0 Å². The molecule has 1 unspecified atom stereocenters. The van der Waals surface area contributed by atoms with Crippen LogP contribution in [0.4, 0.5) is 0 Å². The van der Waals surface area contributed by atoms with Crippen molar-refractivity contribution in [2.45, 2.75) is 89.1 Å². The topological polar surface area (TPSA) is 15.3 Å². The van der Waals surface area contributed by atoms with Crippen LogP contribution in [0.3, 0.4) is 0 Å². The number of allylic oxidation sites excluding steroid dienone is 1. The number of hydrogen-bond donors (Lipinski definition) is 1. The number of nitrogens with one attached hydrogen (secondary N) is 1. The molecule has 0 saturated heterocycles. The lowest BCUT2D eigenvalue weighted by Gasteiger charge is -2.48. The second-order valence-electron chi connectivity index (χ2n) is 7.32. The molecule has 2 nitrogen and oxygen atoms in total. The van der Waals surface area contributed by atoms with Gasteiger partial charge in [0.25, 0.3) is 0 Å². The Labute approximate surface area is 132 Å². The normalized spacial score (nSPS) is 24.5. The van der Waals surface area contributed by atoms with Crippen LogP contribution in [0, 0.1) is 0 Å². The van der Waals surface area contributed by atoms with E-state index in [2.05, 4.69) is 37.3 Å². The Balaban J connectivity index is 2.26. The third kappa shape index (κ3) is 4.10. The highest BCUT2D eigenvalue weighted by molar-refractivity contribution is 5.21. The quantitative estimate of drug-likeness (QED) is 0.572. The number of nitrogens with zero attached hydrogens (tertiary/aromatic N) is 1. The van der Waals surface area contributed by atoms with E-state index in [1.54, 1.807) is 5.57 Å². The van der Waals surface area contributed by atoms with Crippen LogP contribution in [0.2, 0.25) is 0 Å². The second-order valence-corrected chi connectivity index (χ2v) is 7.32. The van der Waals surface area contributed by atoms with Gasteiger partial charge in [0, 0.05) is 11.6 Å². The molecule has 1 N–H and O–H groups in total. The van der Waals surface area contributed by atoms with E-state index in [-0.39, 0.29) is 0 Å². The van der Waals surface area contributed by atoms with Crippen molar-refractivity contribution in [2.75, 3.05) is 20.6 Å². The predicted molar refractivity (Wildman–Crippen MR) is 92.8 cm³/mol. The Morgan fingerprint density at radius 1 is 1.10 bits per heavy atom. The Hall–Kier alpha value is -0.340. The molecule has 0 bridgehead atoms. The minimum absolute atomic E-state index is 0.342. The fraction of sp³-hybridized carbons (Fsp3) is 0.895. The van der Waals surface area contributed by atoms with Crippen LogP contribution in [-0.4, -0.2) is 37.1 Å². The fourth-order valence-corrected chi connectivity index (χ4v) is 4.41. The molecular formula is C19H36N2. The Bertz CT molecular complexity index is 324. The molecule has 1 fully saturated rings. The summed E-state index contributed by atoms with van der Waals surface area (Å²) in [5.41, 5.74) is 2.06. The summed E-state index contributed by atoms with van der Waals surface area (Å²) in [4.78, 5) is 2.56. The molecule has 2 rings (SSSR count). The van der Waals surface area contributed by atoms with Crippen molar-refractivity contribution >= 4 is 0 Å². The van der Waals surface area contributed by atoms with Crippen LogP contribution in [0.25, 0.3) is 0 Å². The first kappa shape index (κ1) is 17.0. The van der Waals surface area contributed by atoms with Crippen molar-refractivity contribution in [3.05, 3.63) is 11.6 Å². The van der Waals surface area contributed by atoms with Gasteiger partial charge >= 0.3 is 0 Å². The van der Waals surface area contributed by atoms with E-state index in [1.165, 1.54) is 70.6 Å². The fourth-order valence-electron chi connectivity index (χ4n) is 4.41.